The molecule has 1 aliphatic rings. The fourth-order valence-corrected chi connectivity index (χ4v) is 4.99. The second-order valence-electron chi connectivity index (χ2n) is 9.00. The number of anilines is 1. The maximum absolute atomic E-state index is 13.5. The summed E-state index contributed by atoms with van der Waals surface area (Å²) < 4.78 is 12.8. The molecule has 0 amide bonds. The quantitative estimate of drug-likeness (QED) is 0.376. The van der Waals surface area contributed by atoms with Crippen LogP contribution >= 0.6 is 0 Å². The first kappa shape index (κ1) is 23.4. The van der Waals surface area contributed by atoms with Crippen LogP contribution in [0.15, 0.2) is 76.2 Å². The van der Waals surface area contributed by atoms with Gasteiger partial charge in [0.2, 0.25) is 11.7 Å². The Morgan fingerprint density at radius 3 is 2.71 bits per heavy atom. The zero-order valence-electron chi connectivity index (χ0n) is 20.7. The van der Waals surface area contributed by atoms with E-state index in [9.17, 15) is 14.7 Å². The minimum atomic E-state index is -1.01. The SMILES string of the molecule is COc1c(-c2nc3ccccc3o2)nc(N2CCc3ccc(C(=O)O)cc3C2c2cccnc2)n(C)c1=O. The van der Waals surface area contributed by atoms with Gasteiger partial charge in [0.05, 0.1) is 18.7 Å². The van der Waals surface area contributed by atoms with E-state index in [1.807, 2.05) is 41.3 Å². The molecule has 1 unspecified atom stereocenters. The van der Waals surface area contributed by atoms with Gasteiger partial charge in [0.15, 0.2) is 11.3 Å². The number of oxazole rings is 1. The van der Waals surface area contributed by atoms with E-state index < -0.39 is 17.6 Å². The van der Waals surface area contributed by atoms with Gasteiger partial charge in [0.25, 0.3) is 11.4 Å². The molecule has 0 radical (unpaired) electrons. The third-order valence-corrected chi connectivity index (χ3v) is 6.80. The van der Waals surface area contributed by atoms with E-state index >= 15 is 0 Å². The van der Waals surface area contributed by atoms with Crippen molar-refractivity contribution < 1.29 is 19.1 Å². The van der Waals surface area contributed by atoms with E-state index in [2.05, 4.69) is 9.97 Å². The molecule has 3 aromatic heterocycles. The van der Waals surface area contributed by atoms with Gasteiger partial charge in [-0.15, -0.1) is 0 Å². The third-order valence-electron chi connectivity index (χ3n) is 6.80. The van der Waals surface area contributed by atoms with E-state index in [-0.39, 0.29) is 22.9 Å². The van der Waals surface area contributed by atoms with Gasteiger partial charge in [-0.2, -0.15) is 0 Å². The third kappa shape index (κ3) is 3.78. The van der Waals surface area contributed by atoms with Crippen molar-refractivity contribution in [2.75, 3.05) is 18.6 Å². The highest BCUT2D eigenvalue weighted by molar-refractivity contribution is 5.88. The predicted molar refractivity (Wildman–Crippen MR) is 140 cm³/mol. The minimum Gasteiger partial charge on any atom is -0.489 e. The topological polar surface area (TPSA) is 124 Å². The van der Waals surface area contributed by atoms with Crippen LogP contribution in [-0.4, -0.2) is 44.2 Å². The van der Waals surface area contributed by atoms with Crippen LogP contribution in [0.25, 0.3) is 22.7 Å². The Balaban J connectivity index is 1.57. The number of benzene rings is 2. The van der Waals surface area contributed by atoms with Crippen LogP contribution in [0.5, 0.6) is 5.75 Å². The molecule has 10 heteroatoms. The highest BCUT2D eigenvalue weighted by atomic mass is 16.5. The second-order valence-corrected chi connectivity index (χ2v) is 9.00. The molecule has 0 bridgehead atoms. The van der Waals surface area contributed by atoms with Crippen LogP contribution in [0, 0.1) is 0 Å². The standard InChI is InChI=1S/C28H23N5O5/c1-32-26(34)24(37-2)22(25-30-20-7-3-4-8-21(20)38-25)31-28(32)33-13-11-16-9-10-17(27(35)36)14-19(16)23(33)18-6-5-12-29-15-18/h3-10,12,14-15,23H,11,13H2,1-2H3,(H,35,36). The Morgan fingerprint density at radius 2 is 1.97 bits per heavy atom. The van der Waals surface area contributed by atoms with E-state index in [0.717, 1.165) is 16.7 Å². The summed E-state index contributed by atoms with van der Waals surface area (Å²) >= 11 is 0. The van der Waals surface area contributed by atoms with Crippen molar-refractivity contribution in [1.82, 2.24) is 19.5 Å². The normalized spacial score (nSPS) is 14.9. The first-order valence-electron chi connectivity index (χ1n) is 12.0. The number of methoxy groups -OCH3 is 1. The number of pyridine rings is 1. The summed E-state index contributed by atoms with van der Waals surface area (Å²) in [5, 5.41) is 9.67. The van der Waals surface area contributed by atoms with Crippen molar-refractivity contribution in [2.24, 2.45) is 7.05 Å². The molecule has 4 heterocycles. The van der Waals surface area contributed by atoms with E-state index in [0.29, 0.717) is 30.0 Å². The molecule has 0 saturated heterocycles. The number of ether oxygens (including phenoxy) is 1. The molecule has 0 fully saturated rings. The number of hydrogen-bond acceptors (Lipinski definition) is 8. The molecule has 190 valence electrons. The highest BCUT2D eigenvalue weighted by Crippen LogP contribution is 2.39. The van der Waals surface area contributed by atoms with Crippen molar-refractivity contribution >= 4 is 23.0 Å². The van der Waals surface area contributed by atoms with Crippen molar-refractivity contribution in [3.63, 3.8) is 0 Å². The molecule has 2 aromatic carbocycles. The van der Waals surface area contributed by atoms with Crippen LogP contribution in [0.2, 0.25) is 0 Å². The molecular weight excluding hydrogens is 486 g/mol. The summed E-state index contributed by atoms with van der Waals surface area (Å²) in [6.07, 6.45) is 4.05. The summed E-state index contributed by atoms with van der Waals surface area (Å²) in [5.74, 6) is -0.451. The van der Waals surface area contributed by atoms with Gasteiger partial charge in [-0.05, 0) is 53.4 Å². The Morgan fingerprint density at radius 1 is 1.13 bits per heavy atom. The van der Waals surface area contributed by atoms with Crippen molar-refractivity contribution in [2.45, 2.75) is 12.5 Å². The molecule has 10 nitrogen and oxygen atoms in total. The lowest BCUT2D eigenvalue weighted by Gasteiger charge is -2.39. The van der Waals surface area contributed by atoms with Crippen LogP contribution in [0.3, 0.4) is 0 Å². The first-order valence-corrected chi connectivity index (χ1v) is 12.0. The predicted octanol–water partition coefficient (Wildman–Crippen LogP) is 3.84. The lowest BCUT2D eigenvalue weighted by molar-refractivity contribution is 0.0696. The van der Waals surface area contributed by atoms with Crippen molar-refractivity contribution in [3.8, 4) is 17.3 Å². The molecule has 1 aliphatic heterocycles. The lowest BCUT2D eigenvalue weighted by Crippen LogP contribution is -2.40. The molecule has 1 atom stereocenters. The molecule has 1 N–H and O–H groups in total. The zero-order chi connectivity index (χ0) is 26.4. The Labute approximate surface area is 216 Å². The van der Waals surface area contributed by atoms with Gasteiger partial charge in [-0.25, -0.2) is 14.8 Å². The largest absolute Gasteiger partial charge is 0.489 e. The average Bonchev–Trinajstić information content (AvgIpc) is 3.38. The number of rotatable bonds is 5. The highest BCUT2D eigenvalue weighted by Gasteiger charge is 2.34. The summed E-state index contributed by atoms with van der Waals surface area (Å²) in [4.78, 5) is 41.0. The van der Waals surface area contributed by atoms with Crippen LogP contribution in [0.4, 0.5) is 5.95 Å². The summed E-state index contributed by atoms with van der Waals surface area (Å²) in [6.45, 7) is 0.526. The summed E-state index contributed by atoms with van der Waals surface area (Å²) in [7, 11) is 3.04. The number of para-hydroxylation sites is 2. The first-order chi connectivity index (χ1) is 18.5. The number of hydrogen-bond donors (Lipinski definition) is 1. The van der Waals surface area contributed by atoms with E-state index in [1.165, 1.54) is 11.7 Å². The number of carboxylic acid groups (broad SMARTS) is 1. The Bertz CT molecular complexity index is 1710. The summed E-state index contributed by atoms with van der Waals surface area (Å²) in [5.41, 5.74) is 3.86. The summed E-state index contributed by atoms with van der Waals surface area (Å²) in [6, 6.07) is 15.8. The second kappa shape index (κ2) is 9.15. The van der Waals surface area contributed by atoms with Crippen LogP contribution < -0.4 is 15.2 Å². The molecule has 0 saturated carbocycles. The molecular formula is C28H23N5O5. The number of aromatic carboxylic acids is 1. The van der Waals surface area contributed by atoms with Gasteiger partial charge in [-0.3, -0.25) is 14.3 Å². The number of fused-ring (bicyclic) bond motifs is 2. The van der Waals surface area contributed by atoms with Crippen molar-refractivity contribution in [1.29, 1.82) is 0 Å². The number of nitrogens with zero attached hydrogens (tertiary/aromatic N) is 5. The molecule has 0 spiro atoms. The smallest absolute Gasteiger partial charge is 0.335 e. The van der Waals surface area contributed by atoms with Crippen molar-refractivity contribution in [3.05, 3.63) is 99.6 Å². The number of carbonyl (C=O) groups is 1. The van der Waals surface area contributed by atoms with Crippen LogP contribution in [-0.2, 0) is 13.5 Å². The number of aromatic nitrogens is 4. The van der Waals surface area contributed by atoms with Gasteiger partial charge in [0.1, 0.15) is 5.52 Å². The lowest BCUT2D eigenvalue weighted by atomic mass is 9.87. The van der Waals surface area contributed by atoms with Gasteiger partial charge in [0, 0.05) is 26.0 Å². The number of carboxylic acids is 1. The van der Waals surface area contributed by atoms with Crippen LogP contribution in [0.1, 0.15) is 33.1 Å². The molecule has 38 heavy (non-hydrogen) atoms. The monoisotopic (exact) mass is 509 g/mol. The maximum Gasteiger partial charge on any atom is 0.335 e. The Hall–Kier alpha value is -4.99. The van der Waals surface area contributed by atoms with Gasteiger partial charge >= 0.3 is 5.97 Å². The van der Waals surface area contributed by atoms with E-state index in [1.54, 1.807) is 37.6 Å². The minimum absolute atomic E-state index is 0.0197. The Kier molecular flexibility index (Phi) is 5.64. The fourth-order valence-electron chi connectivity index (χ4n) is 4.99. The van der Waals surface area contributed by atoms with E-state index in [4.69, 9.17) is 14.1 Å². The van der Waals surface area contributed by atoms with Gasteiger partial charge < -0.3 is 19.2 Å². The van der Waals surface area contributed by atoms with Gasteiger partial charge in [-0.1, -0.05) is 24.3 Å². The molecule has 0 aliphatic carbocycles. The average molecular weight is 510 g/mol. The molecule has 5 aromatic rings. The molecule has 6 rings (SSSR count). The maximum atomic E-state index is 13.5. The fraction of sp³-hybridized carbons (Fsp3) is 0.179. The zero-order valence-corrected chi connectivity index (χ0v) is 20.7.